The molecule has 9 heteroatoms. The van der Waals surface area contributed by atoms with Crippen molar-refractivity contribution >= 4 is 35.0 Å². The van der Waals surface area contributed by atoms with Crippen molar-refractivity contribution in [3.63, 3.8) is 0 Å². The molecule has 0 bridgehead atoms. The quantitative estimate of drug-likeness (QED) is 0.562. The van der Waals surface area contributed by atoms with Crippen LogP contribution >= 0.6 is 22.9 Å². The zero-order chi connectivity index (χ0) is 23.7. The van der Waals surface area contributed by atoms with E-state index in [-0.39, 0.29) is 23.5 Å². The van der Waals surface area contributed by atoms with Gasteiger partial charge in [-0.2, -0.15) is 0 Å². The van der Waals surface area contributed by atoms with Crippen LogP contribution in [0.5, 0.6) is 11.5 Å². The second-order valence-electron chi connectivity index (χ2n) is 7.28. The molecule has 2 heterocycles. The van der Waals surface area contributed by atoms with E-state index in [0.29, 0.717) is 36.9 Å². The lowest BCUT2D eigenvalue weighted by Gasteiger charge is -2.25. The van der Waals surface area contributed by atoms with Gasteiger partial charge in [0.05, 0.1) is 35.6 Å². The topological polar surface area (TPSA) is 90.1 Å². The maximum Gasteiger partial charge on any atom is 0.338 e. The number of nitrogens with zero attached hydrogens (tertiary/aromatic N) is 2. The molecule has 1 unspecified atom stereocenters. The van der Waals surface area contributed by atoms with E-state index in [2.05, 4.69) is 4.99 Å². The number of thiazole rings is 1. The molecule has 0 saturated carbocycles. The molecule has 1 atom stereocenters. The summed E-state index contributed by atoms with van der Waals surface area (Å²) in [5.74, 6) is 0.0580. The van der Waals surface area contributed by atoms with E-state index < -0.39 is 12.0 Å². The Bertz CT molecular complexity index is 1450. The van der Waals surface area contributed by atoms with Crippen molar-refractivity contribution < 1.29 is 19.4 Å². The number of phenolic OH excluding ortho intramolecular Hbond substituents is 1. The fraction of sp³-hybridized carbons (Fsp3) is 0.208. The first kappa shape index (κ1) is 22.8. The van der Waals surface area contributed by atoms with Crippen LogP contribution in [0, 0.1) is 0 Å². The standard InChI is InChI=1S/C24H21ClN2O5S/c1-4-32-23(30)20-13(2)26-24-27(21(20)14-6-5-7-17(11-14)31-3)22(29)19(33-24)12-15-10-16(25)8-9-18(15)28/h5-12,21,28H,4H2,1-3H3/b19-12+. The van der Waals surface area contributed by atoms with Crippen LogP contribution in [0.2, 0.25) is 5.02 Å². The first-order chi connectivity index (χ1) is 15.8. The molecule has 1 aliphatic heterocycles. The number of methoxy groups -OCH3 is 1. The van der Waals surface area contributed by atoms with Gasteiger partial charge in [0.15, 0.2) is 4.80 Å². The van der Waals surface area contributed by atoms with Gasteiger partial charge in [-0.15, -0.1) is 0 Å². The van der Waals surface area contributed by atoms with Crippen LogP contribution in [-0.4, -0.2) is 29.4 Å². The summed E-state index contributed by atoms with van der Waals surface area (Å²) in [5.41, 5.74) is 1.51. The molecule has 1 aromatic heterocycles. The van der Waals surface area contributed by atoms with Crippen molar-refractivity contribution in [1.29, 1.82) is 0 Å². The Labute approximate surface area is 198 Å². The molecule has 1 aliphatic rings. The van der Waals surface area contributed by atoms with Gasteiger partial charge in [-0.1, -0.05) is 35.1 Å². The smallest absolute Gasteiger partial charge is 0.338 e. The Kier molecular flexibility index (Phi) is 6.40. The van der Waals surface area contributed by atoms with Gasteiger partial charge in [0, 0.05) is 10.6 Å². The van der Waals surface area contributed by atoms with E-state index in [4.69, 9.17) is 21.1 Å². The highest BCUT2D eigenvalue weighted by molar-refractivity contribution is 7.07. The molecule has 7 nitrogen and oxygen atoms in total. The molecule has 0 saturated heterocycles. The fourth-order valence-electron chi connectivity index (χ4n) is 3.70. The largest absolute Gasteiger partial charge is 0.507 e. The number of allylic oxidation sites excluding steroid dienone is 1. The highest BCUT2D eigenvalue weighted by atomic mass is 35.5. The van der Waals surface area contributed by atoms with Crippen LogP contribution in [0.25, 0.3) is 6.08 Å². The number of carbonyl (C=O) groups is 1. The van der Waals surface area contributed by atoms with Gasteiger partial charge in [0.2, 0.25) is 0 Å². The summed E-state index contributed by atoms with van der Waals surface area (Å²) < 4.78 is 12.5. The van der Waals surface area contributed by atoms with Crippen LogP contribution in [-0.2, 0) is 9.53 Å². The molecular formula is C24H21ClN2O5S. The monoisotopic (exact) mass is 484 g/mol. The summed E-state index contributed by atoms with van der Waals surface area (Å²) in [6.07, 6.45) is 1.57. The SMILES string of the molecule is CCOC(=O)C1=C(C)N=c2s/c(=C/c3cc(Cl)ccc3O)c(=O)n2C1c1cccc(OC)c1. The number of carbonyl (C=O) groups excluding carboxylic acids is 1. The minimum Gasteiger partial charge on any atom is -0.507 e. The molecule has 1 N–H and O–H groups in total. The van der Waals surface area contributed by atoms with Crippen molar-refractivity contribution in [3.8, 4) is 11.5 Å². The van der Waals surface area contributed by atoms with E-state index in [9.17, 15) is 14.7 Å². The second kappa shape index (κ2) is 9.25. The number of hydrogen-bond acceptors (Lipinski definition) is 7. The van der Waals surface area contributed by atoms with E-state index in [1.54, 1.807) is 57.4 Å². The van der Waals surface area contributed by atoms with E-state index in [0.717, 1.165) is 0 Å². The van der Waals surface area contributed by atoms with Crippen LogP contribution in [0.3, 0.4) is 0 Å². The molecule has 33 heavy (non-hydrogen) atoms. The summed E-state index contributed by atoms with van der Waals surface area (Å²) in [6.45, 7) is 3.64. The van der Waals surface area contributed by atoms with Crippen molar-refractivity contribution in [2.24, 2.45) is 4.99 Å². The van der Waals surface area contributed by atoms with E-state index in [1.807, 2.05) is 6.07 Å². The van der Waals surface area contributed by atoms with Gasteiger partial charge in [-0.3, -0.25) is 9.36 Å². The highest BCUT2D eigenvalue weighted by Crippen LogP contribution is 2.32. The summed E-state index contributed by atoms with van der Waals surface area (Å²) in [4.78, 5) is 31.4. The van der Waals surface area contributed by atoms with Gasteiger partial charge < -0.3 is 14.6 Å². The van der Waals surface area contributed by atoms with Gasteiger partial charge >= 0.3 is 5.97 Å². The Hall–Kier alpha value is -3.36. The predicted octanol–water partition coefficient (Wildman–Crippen LogP) is 3.17. The molecule has 3 aromatic rings. The number of aromatic hydroxyl groups is 1. The number of esters is 1. The number of aromatic nitrogens is 1. The Morgan fingerprint density at radius 3 is 2.82 bits per heavy atom. The molecule has 0 fully saturated rings. The first-order valence-corrected chi connectivity index (χ1v) is 11.4. The maximum absolute atomic E-state index is 13.5. The zero-order valence-corrected chi connectivity index (χ0v) is 19.7. The summed E-state index contributed by atoms with van der Waals surface area (Å²) in [5, 5.41) is 10.6. The molecule has 0 spiro atoms. The average molecular weight is 485 g/mol. The van der Waals surface area contributed by atoms with Crippen LogP contribution < -0.4 is 19.6 Å². The van der Waals surface area contributed by atoms with Crippen molar-refractivity contribution in [1.82, 2.24) is 4.57 Å². The van der Waals surface area contributed by atoms with Crippen molar-refractivity contribution in [2.75, 3.05) is 13.7 Å². The normalized spacial score (nSPS) is 15.8. The van der Waals surface area contributed by atoms with Gasteiger partial charge in [-0.25, -0.2) is 9.79 Å². The summed E-state index contributed by atoms with van der Waals surface area (Å²) in [6, 6.07) is 11.0. The third kappa shape index (κ3) is 4.31. The van der Waals surface area contributed by atoms with Crippen molar-refractivity contribution in [2.45, 2.75) is 19.9 Å². The molecular weight excluding hydrogens is 464 g/mol. The summed E-state index contributed by atoms with van der Waals surface area (Å²) in [7, 11) is 1.55. The number of rotatable bonds is 5. The minimum atomic E-state index is -0.745. The highest BCUT2D eigenvalue weighted by Gasteiger charge is 2.33. The molecule has 4 rings (SSSR count). The number of ether oxygens (including phenoxy) is 2. The number of hydrogen-bond donors (Lipinski definition) is 1. The number of benzene rings is 2. The lowest BCUT2D eigenvalue weighted by Crippen LogP contribution is -2.39. The molecule has 2 aromatic carbocycles. The number of halogens is 1. The Morgan fingerprint density at radius 1 is 1.30 bits per heavy atom. The first-order valence-electron chi connectivity index (χ1n) is 10.2. The Balaban J connectivity index is 1.98. The average Bonchev–Trinajstić information content (AvgIpc) is 3.10. The van der Waals surface area contributed by atoms with Gasteiger partial charge in [0.25, 0.3) is 5.56 Å². The fourth-order valence-corrected chi connectivity index (χ4v) is 4.92. The van der Waals surface area contributed by atoms with Crippen LogP contribution in [0.1, 0.15) is 31.0 Å². The van der Waals surface area contributed by atoms with Crippen molar-refractivity contribution in [3.05, 3.63) is 89.6 Å². The minimum absolute atomic E-state index is 0.00188. The lowest BCUT2D eigenvalue weighted by atomic mass is 9.95. The molecule has 0 radical (unpaired) electrons. The second-order valence-corrected chi connectivity index (χ2v) is 8.73. The maximum atomic E-state index is 13.5. The lowest BCUT2D eigenvalue weighted by molar-refractivity contribution is -0.139. The summed E-state index contributed by atoms with van der Waals surface area (Å²) >= 11 is 7.23. The third-order valence-electron chi connectivity index (χ3n) is 5.20. The van der Waals surface area contributed by atoms with E-state index >= 15 is 0 Å². The zero-order valence-electron chi connectivity index (χ0n) is 18.2. The number of phenols is 1. The van der Waals surface area contributed by atoms with Crippen LogP contribution in [0.4, 0.5) is 0 Å². The Morgan fingerprint density at radius 2 is 2.09 bits per heavy atom. The molecule has 0 amide bonds. The predicted molar refractivity (Wildman–Crippen MR) is 127 cm³/mol. The molecule has 170 valence electrons. The molecule has 0 aliphatic carbocycles. The van der Waals surface area contributed by atoms with Crippen LogP contribution in [0.15, 0.2) is 63.5 Å². The third-order valence-corrected chi connectivity index (χ3v) is 6.42. The van der Waals surface area contributed by atoms with Gasteiger partial charge in [0.1, 0.15) is 11.5 Å². The number of fused-ring (bicyclic) bond motifs is 1. The van der Waals surface area contributed by atoms with E-state index in [1.165, 1.54) is 22.0 Å². The van der Waals surface area contributed by atoms with Gasteiger partial charge in [-0.05, 0) is 55.8 Å².